The Labute approximate surface area is 229 Å². The predicted octanol–water partition coefficient (Wildman–Crippen LogP) is 4.92. The summed E-state index contributed by atoms with van der Waals surface area (Å²) in [6.45, 7) is 4.69. The Morgan fingerprint density at radius 3 is 2.31 bits per heavy atom. The van der Waals surface area contributed by atoms with Crippen LogP contribution in [0.3, 0.4) is 0 Å². The summed E-state index contributed by atoms with van der Waals surface area (Å²) in [4.78, 5) is 24.4. The molecule has 1 aromatic rings. The first-order valence-electron chi connectivity index (χ1n) is 15.2. The number of likely N-dealkylation sites (tertiary alicyclic amines) is 2. The van der Waals surface area contributed by atoms with E-state index in [9.17, 15) is 9.18 Å². The predicted molar refractivity (Wildman–Crippen MR) is 140 cm³/mol. The van der Waals surface area contributed by atoms with Gasteiger partial charge in [0, 0.05) is 55.4 Å². The summed E-state index contributed by atoms with van der Waals surface area (Å²) < 4.78 is 49.4. The molecular weight excluding hydrogens is 507 g/mol. The Bertz CT molecular complexity index is 1020. The molecule has 5 fully saturated rings. The first kappa shape index (κ1) is 27.5. The third-order valence-electron chi connectivity index (χ3n) is 10.8. The fraction of sp³-hybridized carbons (Fsp3) is 0.897. The molecule has 3 saturated carbocycles. The number of hydrogen-bond acceptors (Lipinski definition) is 6. The van der Waals surface area contributed by atoms with E-state index in [1.807, 2.05) is 6.92 Å². The first-order valence-corrected chi connectivity index (χ1v) is 15.2. The molecule has 0 N–H and O–H groups in total. The molecule has 2 saturated heterocycles. The van der Waals surface area contributed by atoms with Gasteiger partial charge in [0.1, 0.15) is 6.17 Å². The maximum absolute atomic E-state index is 15.4. The van der Waals surface area contributed by atoms with Crippen molar-refractivity contribution in [3.8, 4) is 0 Å². The number of aromatic nitrogens is 2. The fourth-order valence-electron chi connectivity index (χ4n) is 7.50. The van der Waals surface area contributed by atoms with Gasteiger partial charge in [0.2, 0.25) is 11.8 Å². The van der Waals surface area contributed by atoms with Crippen molar-refractivity contribution in [1.29, 1.82) is 0 Å². The van der Waals surface area contributed by atoms with Gasteiger partial charge in [0.15, 0.2) is 5.82 Å². The van der Waals surface area contributed by atoms with Gasteiger partial charge in [0.25, 0.3) is 5.92 Å². The van der Waals surface area contributed by atoms with Crippen molar-refractivity contribution in [2.45, 2.75) is 126 Å². The molecule has 4 atom stereocenters. The Morgan fingerprint density at radius 2 is 1.69 bits per heavy atom. The molecule has 3 heterocycles. The maximum atomic E-state index is 15.4. The number of carbonyl (C=O) groups excluding carboxylic acids is 1. The number of nitrogens with zero attached hydrogens (tertiary/aromatic N) is 5. The monoisotopic (exact) mass is 551 g/mol. The van der Waals surface area contributed by atoms with Gasteiger partial charge in [0.05, 0.1) is 5.92 Å². The third-order valence-corrected chi connectivity index (χ3v) is 10.8. The average Bonchev–Trinajstić information content (AvgIpc) is 3.40. The van der Waals surface area contributed by atoms with Crippen molar-refractivity contribution >= 4 is 5.91 Å². The van der Waals surface area contributed by atoms with Crippen molar-refractivity contribution in [2.24, 2.45) is 5.92 Å². The summed E-state index contributed by atoms with van der Waals surface area (Å²) >= 11 is 0. The highest BCUT2D eigenvalue weighted by molar-refractivity contribution is 5.76. The highest BCUT2D eigenvalue weighted by atomic mass is 19.3. The number of carbonyl (C=O) groups is 1. The second kappa shape index (κ2) is 10.6. The van der Waals surface area contributed by atoms with E-state index in [0.717, 1.165) is 32.4 Å². The van der Waals surface area contributed by atoms with E-state index >= 15 is 8.78 Å². The lowest BCUT2D eigenvalue weighted by Crippen LogP contribution is -2.56. The van der Waals surface area contributed by atoms with Crippen molar-refractivity contribution in [3.63, 3.8) is 0 Å². The number of halogens is 3. The minimum atomic E-state index is -2.82. The number of amides is 1. The Morgan fingerprint density at radius 1 is 1.03 bits per heavy atom. The van der Waals surface area contributed by atoms with Crippen LogP contribution < -0.4 is 0 Å². The molecule has 0 radical (unpaired) electrons. The highest BCUT2D eigenvalue weighted by Crippen LogP contribution is 2.45. The van der Waals surface area contributed by atoms with Gasteiger partial charge in [-0.3, -0.25) is 9.69 Å². The van der Waals surface area contributed by atoms with Gasteiger partial charge < -0.3 is 14.3 Å². The molecular formula is C29H44F3N5O2. The Hall–Kier alpha value is -1.68. The lowest BCUT2D eigenvalue weighted by Gasteiger charge is -2.49. The molecule has 218 valence electrons. The van der Waals surface area contributed by atoms with Crippen molar-refractivity contribution < 1.29 is 22.5 Å². The smallest absolute Gasteiger partial charge is 0.252 e. The van der Waals surface area contributed by atoms with Crippen LogP contribution in [0.1, 0.15) is 102 Å². The molecule has 7 nitrogen and oxygen atoms in total. The topological polar surface area (TPSA) is 65.7 Å². The second-order valence-corrected chi connectivity index (χ2v) is 13.3. The van der Waals surface area contributed by atoms with Crippen LogP contribution in [0.25, 0.3) is 0 Å². The zero-order valence-corrected chi connectivity index (χ0v) is 23.5. The van der Waals surface area contributed by atoms with Crippen molar-refractivity contribution in [1.82, 2.24) is 24.8 Å². The SMILES string of the molecule is CN(C1CCC1)C1CCN([C@H]2CCCC(F)(F)[C@@H]2CC(=O)N2CCC(C)(c3noc(C4C[C@@H]4F)n3)CC2)CC1. The minimum Gasteiger partial charge on any atom is -0.343 e. The zero-order valence-electron chi connectivity index (χ0n) is 23.5. The summed E-state index contributed by atoms with van der Waals surface area (Å²) in [6, 6.07) is 0.999. The number of hydrogen-bond donors (Lipinski definition) is 0. The van der Waals surface area contributed by atoms with Crippen LogP contribution in [0.2, 0.25) is 0 Å². The molecule has 0 spiro atoms. The second-order valence-electron chi connectivity index (χ2n) is 13.3. The lowest BCUT2D eigenvalue weighted by atomic mass is 9.76. The zero-order chi connectivity index (χ0) is 27.4. The molecule has 10 heteroatoms. The summed E-state index contributed by atoms with van der Waals surface area (Å²) in [7, 11) is 2.23. The quantitative estimate of drug-likeness (QED) is 0.480. The summed E-state index contributed by atoms with van der Waals surface area (Å²) in [5.41, 5.74) is -0.368. The normalized spacial score (nSPS) is 33.7. The van der Waals surface area contributed by atoms with Gasteiger partial charge in [-0.15, -0.1) is 0 Å². The molecule has 1 aromatic heterocycles. The molecule has 0 bridgehead atoms. The number of rotatable bonds is 7. The van der Waals surface area contributed by atoms with Gasteiger partial charge in [-0.2, -0.15) is 4.98 Å². The van der Waals surface area contributed by atoms with Gasteiger partial charge in [-0.1, -0.05) is 18.5 Å². The van der Waals surface area contributed by atoms with Crippen LogP contribution in [0, 0.1) is 5.92 Å². The van der Waals surface area contributed by atoms with Gasteiger partial charge in [-0.25, -0.2) is 13.2 Å². The first-order chi connectivity index (χ1) is 18.6. The molecule has 5 aliphatic rings. The highest BCUT2D eigenvalue weighted by Gasteiger charge is 2.51. The fourth-order valence-corrected chi connectivity index (χ4v) is 7.50. The minimum absolute atomic E-state index is 0.0950. The lowest BCUT2D eigenvalue weighted by molar-refractivity contribution is -0.151. The molecule has 1 amide bonds. The van der Waals surface area contributed by atoms with Gasteiger partial charge >= 0.3 is 0 Å². The number of alkyl halides is 3. The summed E-state index contributed by atoms with van der Waals surface area (Å²) in [5.74, 6) is -3.27. The largest absolute Gasteiger partial charge is 0.343 e. The van der Waals surface area contributed by atoms with E-state index in [0.29, 0.717) is 62.6 Å². The molecule has 2 aliphatic heterocycles. The number of piperidine rings is 2. The van der Waals surface area contributed by atoms with Crippen LogP contribution in [-0.2, 0) is 10.2 Å². The maximum Gasteiger partial charge on any atom is 0.252 e. The summed E-state index contributed by atoms with van der Waals surface area (Å²) in [5, 5.41) is 4.12. The third kappa shape index (κ3) is 5.48. The van der Waals surface area contributed by atoms with E-state index < -0.39 is 18.0 Å². The summed E-state index contributed by atoms with van der Waals surface area (Å²) in [6.07, 6.45) is 7.76. The van der Waals surface area contributed by atoms with E-state index in [1.54, 1.807) is 4.90 Å². The van der Waals surface area contributed by atoms with E-state index in [4.69, 9.17) is 4.52 Å². The van der Waals surface area contributed by atoms with Crippen molar-refractivity contribution in [3.05, 3.63) is 11.7 Å². The van der Waals surface area contributed by atoms with Gasteiger partial charge in [-0.05, 0) is 77.9 Å². The molecule has 6 rings (SSSR count). The van der Waals surface area contributed by atoms with E-state index in [2.05, 4.69) is 27.0 Å². The van der Waals surface area contributed by atoms with Crippen LogP contribution in [-0.4, -0.2) is 94.2 Å². The Balaban J connectivity index is 1.05. The molecule has 1 unspecified atom stereocenters. The van der Waals surface area contributed by atoms with Crippen LogP contribution in [0.5, 0.6) is 0 Å². The van der Waals surface area contributed by atoms with E-state index in [1.165, 1.54) is 19.3 Å². The standard InChI is InChI=1S/C29H44F3N5O2/c1-28(27-33-26(39-34-27)21-17-23(21)30)11-15-37(16-12-28)25(38)18-22-24(7-4-10-29(22,31)32)36-13-8-20(9-14-36)35(2)19-5-3-6-19/h19-24H,3-18H2,1-2H3/t21?,22-,23+,24+/m1/s1. The van der Waals surface area contributed by atoms with Crippen molar-refractivity contribution in [2.75, 3.05) is 33.2 Å². The average molecular weight is 552 g/mol. The molecule has 39 heavy (non-hydrogen) atoms. The molecule has 0 aromatic carbocycles. The Kier molecular flexibility index (Phi) is 7.48. The van der Waals surface area contributed by atoms with Crippen LogP contribution in [0.4, 0.5) is 13.2 Å². The van der Waals surface area contributed by atoms with E-state index in [-0.39, 0.29) is 36.1 Å². The van der Waals surface area contributed by atoms with Crippen LogP contribution >= 0.6 is 0 Å². The van der Waals surface area contributed by atoms with Crippen LogP contribution in [0.15, 0.2) is 4.52 Å². The molecule has 3 aliphatic carbocycles.